The maximum atomic E-state index is 9.44. The molecule has 1 aliphatic heterocycles. The first-order chi connectivity index (χ1) is 11.6. The highest BCUT2D eigenvalue weighted by Gasteiger charge is 2.27. The van der Waals surface area contributed by atoms with Crippen molar-refractivity contribution in [3.8, 4) is 0 Å². The summed E-state index contributed by atoms with van der Waals surface area (Å²) in [6.07, 6.45) is 3.14. The number of piperazine rings is 1. The molecule has 0 saturated carbocycles. The monoisotopic (exact) mass is 329 g/mol. The summed E-state index contributed by atoms with van der Waals surface area (Å²) in [6, 6.07) is 9.12. The lowest BCUT2D eigenvalue weighted by molar-refractivity contribution is 0.0478. The third-order valence-corrected chi connectivity index (χ3v) is 5.12. The molecule has 4 heteroatoms. The Labute approximate surface area is 145 Å². The van der Waals surface area contributed by atoms with Gasteiger partial charge in [-0.1, -0.05) is 32.0 Å². The molecule has 3 rings (SSSR count). The van der Waals surface area contributed by atoms with Crippen LogP contribution in [0, 0.1) is 5.92 Å². The summed E-state index contributed by atoms with van der Waals surface area (Å²) in [6.45, 7) is 10.2. The lowest BCUT2D eigenvalue weighted by Gasteiger charge is -2.42. The molecule has 24 heavy (non-hydrogen) atoms. The van der Waals surface area contributed by atoms with Crippen LogP contribution in [0.15, 0.2) is 30.5 Å². The van der Waals surface area contributed by atoms with Crippen LogP contribution >= 0.6 is 0 Å². The van der Waals surface area contributed by atoms with Crippen molar-refractivity contribution in [3.05, 3.63) is 36.0 Å². The summed E-state index contributed by atoms with van der Waals surface area (Å²) in [7, 11) is 2.13. The van der Waals surface area contributed by atoms with Crippen molar-refractivity contribution in [1.29, 1.82) is 0 Å². The highest BCUT2D eigenvalue weighted by Crippen LogP contribution is 2.23. The topological polar surface area (TPSA) is 31.6 Å². The highest BCUT2D eigenvalue weighted by molar-refractivity contribution is 5.83. The molecule has 0 spiro atoms. The van der Waals surface area contributed by atoms with E-state index in [0.29, 0.717) is 12.0 Å². The predicted octanol–water partition coefficient (Wildman–Crippen LogP) is 2.70. The first kappa shape index (κ1) is 17.5. The minimum Gasteiger partial charge on any atom is -0.396 e. The van der Waals surface area contributed by atoms with E-state index in [1.165, 1.54) is 16.5 Å². The number of hydrogen-bond donors (Lipinski definition) is 1. The molecule has 1 fully saturated rings. The molecule has 2 heterocycles. The van der Waals surface area contributed by atoms with Crippen LogP contribution in [-0.2, 0) is 13.6 Å². The summed E-state index contributed by atoms with van der Waals surface area (Å²) < 4.78 is 2.23. The second-order valence-electron chi connectivity index (χ2n) is 7.57. The minimum absolute atomic E-state index is 0.279. The Bertz CT molecular complexity index is 664. The molecule has 1 saturated heterocycles. The Morgan fingerprint density at radius 2 is 2.00 bits per heavy atom. The van der Waals surface area contributed by atoms with Crippen molar-refractivity contribution in [2.24, 2.45) is 13.0 Å². The fourth-order valence-corrected chi connectivity index (χ4v) is 4.03. The lowest BCUT2D eigenvalue weighted by atomic mass is 10.1. The molecule has 132 valence electrons. The number of aryl methyl sites for hydroxylation is 1. The van der Waals surface area contributed by atoms with E-state index in [0.717, 1.165) is 39.1 Å². The Balaban J connectivity index is 1.71. The van der Waals surface area contributed by atoms with Crippen LogP contribution in [0.3, 0.4) is 0 Å². The van der Waals surface area contributed by atoms with Gasteiger partial charge in [0.05, 0.1) is 0 Å². The van der Waals surface area contributed by atoms with Crippen molar-refractivity contribution >= 4 is 10.9 Å². The zero-order valence-electron chi connectivity index (χ0n) is 15.3. The number of aliphatic hydroxyl groups excluding tert-OH is 1. The molecular formula is C20H31N3O. The molecule has 0 radical (unpaired) electrons. The third kappa shape index (κ3) is 3.82. The normalized spacial score (nSPS) is 20.3. The van der Waals surface area contributed by atoms with Crippen LogP contribution < -0.4 is 0 Å². The van der Waals surface area contributed by atoms with Gasteiger partial charge in [-0.2, -0.15) is 0 Å². The average Bonchev–Trinajstić information content (AvgIpc) is 2.86. The van der Waals surface area contributed by atoms with Gasteiger partial charge in [0.1, 0.15) is 0 Å². The van der Waals surface area contributed by atoms with Gasteiger partial charge in [-0.25, -0.2) is 0 Å². The number of aliphatic hydroxyl groups is 1. The van der Waals surface area contributed by atoms with Crippen LogP contribution in [0.25, 0.3) is 10.9 Å². The van der Waals surface area contributed by atoms with Gasteiger partial charge in [0.15, 0.2) is 0 Å². The van der Waals surface area contributed by atoms with Crippen molar-refractivity contribution in [3.63, 3.8) is 0 Å². The quantitative estimate of drug-likeness (QED) is 0.884. The van der Waals surface area contributed by atoms with E-state index >= 15 is 0 Å². The smallest absolute Gasteiger partial charge is 0.0481 e. The molecule has 1 N–H and O–H groups in total. The number of benzene rings is 1. The van der Waals surface area contributed by atoms with Crippen molar-refractivity contribution in [1.82, 2.24) is 14.4 Å². The van der Waals surface area contributed by atoms with Gasteiger partial charge in [0, 0.05) is 69.5 Å². The summed E-state index contributed by atoms with van der Waals surface area (Å²) in [5.41, 5.74) is 2.71. The maximum absolute atomic E-state index is 9.44. The van der Waals surface area contributed by atoms with E-state index in [4.69, 9.17) is 0 Å². The van der Waals surface area contributed by atoms with E-state index in [2.05, 4.69) is 65.7 Å². The Morgan fingerprint density at radius 1 is 1.21 bits per heavy atom. The van der Waals surface area contributed by atoms with Crippen molar-refractivity contribution < 1.29 is 5.11 Å². The molecule has 0 aliphatic carbocycles. The Morgan fingerprint density at radius 3 is 2.75 bits per heavy atom. The Hall–Kier alpha value is -1.36. The van der Waals surface area contributed by atoms with E-state index in [9.17, 15) is 5.11 Å². The number of nitrogens with zero attached hydrogens (tertiary/aromatic N) is 3. The standard InChI is InChI=1S/C20H31N3O/c1-16(2)12-23-10-9-22(15-18(23)8-11-24)14-17-13-21(3)20-7-5-4-6-19(17)20/h4-7,13,16,18,24H,8-12,14-15H2,1-3H3/t18-/m1/s1. The van der Waals surface area contributed by atoms with Crippen LogP contribution in [0.2, 0.25) is 0 Å². The number of para-hydroxylation sites is 1. The molecule has 0 bridgehead atoms. The molecule has 1 atom stereocenters. The fourth-order valence-electron chi connectivity index (χ4n) is 4.03. The van der Waals surface area contributed by atoms with E-state index in [1.54, 1.807) is 0 Å². The summed E-state index contributed by atoms with van der Waals surface area (Å²) in [5.74, 6) is 0.677. The Kier molecular flexibility index (Phi) is 5.59. The summed E-state index contributed by atoms with van der Waals surface area (Å²) in [4.78, 5) is 5.12. The molecule has 2 aromatic rings. The van der Waals surface area contributed by atoms with Crippen molar-refractivity contribution in [2.45, 2.75) is 32.9 Å². The zero-order valence-corrected chi connectivity index (χ0v) is 15.3. The number of fused-ring (bicyclic) bond motifs is 1. The van der Waals surface area contributed by atoms with Crippen LogP contribution in [0.1, 0.15) is 25.8 Å². The molecular weight excluding hydrogens is 298 g/mol. The molecule has 0 amide bonds. The van der Waals surface area contributed by atoms with Gasteiger partial charge < -0.3 is 9.67 Å². The van der Waals surface area contributed by atoms with Crippen LogP contribution in [0.4, 0.5) is 0 Å². The summed E-state index contributed by atoms with van der Waals surface area (Å²) >= 11 is 0. The van der Waals surface area contributed by atoms with Crippen LogP contribution in [0.5, 0.6) is 0 Å². The largest absolute Gasteiger partial charge is 0.396 e. The first-order valence-electron chi connectivity index (χ1n) is 9.18. The predicted molar refractivity (Wildman–Crippen MR) is 100 cm³/mol. The second-order valence-corrected chi connectivity index (χ2v) is 7.57. The minimum atomic E-state index is 0.279. The highest BCUT2D eigenvalue weighted by atomic mass is 16.3. The first-order valence-corrected chi connectivity index (χ1v) is 9.18. The SMILES string of the molecule is CC(C)CN1CCN(Cc2cn(C)c3ccccc23)C[C@H]1CCO. The average molecular weight is 329 g/mol. The molecule has 1 aromatic heterocycles. The fraction of sp³-hybridized carbons (Fsp3) is 0.600. The van der Waals surface area contributed by atoms with Gasteiger partial charge in [-0.05, 0) is 24.0 Å². The molecule has 1 aromatic carbocycles. The number of rotatable bonds is 6. The van der Waals surface area contributed by atoms with Gasteiger partial charge in [-0.15, -0.1) is 0 Å². The van der Waals surface area contributed by atoms with Gasteiger partial charge in [-0.3, -0.25) is 9.80 Å². The second kappa shape index (κ2) is 7.68. The van der Waals surface area contributed by atoms with E-state index in [-0.39, 0.29) is 6.61 Å². The van der Waals surface area contributed by atoms with Gasteiger partial charge in [0.25, 0.3) is 0 Å². The third-order valence-electron chi connectivity index (χ3n) is 5.12. The maximum Gasteiger partial charge on any atom is 0.0481 e. The van der Waals surface area contributed by atoms with Crippen LogP contribution in [-0.4, -0.2) is 58.3 Å². The van der Waals surface area contributed by atoms with Gasteiger partial charge >= 0.3 is 0 Å². The van der Waals surface area contributed by atoms with E-state index < -0.39 is 0 Å². The molecule has 0 unspecified atom stereocenters. The summed E-state index contributed by atoms with van der Waals surface area (Å²) in [5, 5.41) is 10.8. The van der Waals surface area contributed by atoms with Gasteiger partial charge in [0.2, 0.25) is 0 Å². The number of hydrogen-bond acceptors (Lipinski definition) is 3. The molecule has 1 aliphatic rings. The molecule has 4 nitrogen and oxygen atoms in total. The number of aromatic nitrogens is 1. The van der Waals surface area contributed by atoms with Crippen molar-refractivity contribution in [2.75, 3.05) is 32.8 Å². The lowest BCUT2D eigenvalue weighted by Crippen LogP contribution is -2.53. The zero-order chi connectivity index (χ0) is 17.1. The van der Waals surface area contributed by atoms with E-state index in [1.807, 2.05) is 0 Å².